The van der Waals surface area contributed by atoms with Gasteiger partial charge in [0.2, 0.25) is 0 Å². The monoisotopic (exact) mass is 1370 g/mol. The summed E-state index contributed by atoms with van der Waals surface area (Å²) in [5, 5.41) is 6.21. The number of aromatic amines is 2. The van der Waals surface area contributed by atoms with Gasteiger partial charge in [-0.1, -0.05) is 153 Å². The molecule has 0 saturated heterocycles. The van der Waals surface area contributed by atoms with Crippen LogP contribution in [0.25, 0.3) is 55.2 Å². The Morgan fingerprint density at radius 1 is 0.406 bits per heavy atom. The fourth-order valence-corrected chi connectivity index (χ4v) is 36.7. The number of nitrogens with zero attached hydrogens (tertiary/aromatic N) is 11. The lowest BCUT2D eigenvalue weighted by Gasteiger charge is -2.44. The number of aromatic nitrogens is 11. The summed E-state index contributed by atoms with van der Waals surface area (Å²) in [6.07, 6.45) is 23.3. The second-order valence-corrected chi connectivity index (χ2v) is 46.4. The highest BCUT2D eigenvalue weighted by atomic mass is 35.5. The predicted octanol–water partition coefficient (Wildman–Crippen LogP) is 22.4. The number of aryl methyl sites for hydroxylation is 1. The molecular formula is C79H124ClN13Si3. The lowest BCUT2D eigenvalue weighted by atomic mass is 10.1. The average Bonchev–Trinajstić information content (AvgIpc) is 1.61. The van der Waals surface area contributed by atoms with Crippen LogP contribution in [0.4, 0.5) is 0 Å². The smallest absolute Gasteiger partial charge is 0.171 e. The van der Waals surface area contributed by atoms with Gasteiger partial charge in [0.1, 0.15) is 28.2 Å². The van der Waals surface area contributed by atoms with Crippen LogP contribution >= 0.6 is 11.6 Å². The fourth-order valence-electron chi connectivity index (χ4n) is 16.7. The van der Waals surface area contributed by atoms with Gasteiger partial charge in [0, 0.05) is 126 Å². The van der Waals surface area contributed by atoms with E-state index in [9.17, 15) is 0 Å². The second kappa shape index (κ2) is 35.8. The third kappa shape index (κ3) is 17.1. The van der Waals surface area contributed by atoms with Gasteiger partial charge in [-0.2, -0.15) is 0 Å². The van der Waals surface area contributed by atoms with Crippen LogP contribution in [0.2, 0.25) is 49.9 Å². The number of fused-ring (bicyclic) bond motifs is 5. The maximum absolute atomic E-state index is 6.18. The van der Waals surface area contributed by atoms with Crippen LogP contribution in [0.3, 0.4) is 0 Å². The average molecular weight is 1380 g/mol. The van der Waals surface area contributed by atoms with Gasteiger partial charge >= 0.3 is 0 Å². The van der Waals surface area contributed by atoms with Gasteiger partial charge in [-0.15, -0.1) is 11.6 Å². The molecule has 524 valence electrons. The molecule has 0 bridgehead atoms. The molecule has 11 aromatic heterocycles. The molecule has 0 atom stereocenters. The van der Waals surface area contributed by atoms with E-state index in [1.807, 2.05) is 74.4 Å². The van der Waals surface area contributed by atoms with Gasteiger partial charge in [0.05, 0.1) is 0 Å². The van der Waals surface area contributed by atoms with Crippen LogP contribution in [-0.2, 0) is 25.4 Å². The standard InChI is InChI=1S/C23H33N3Si.C19H33N3Si.C17H27ClN2Si.C10H13N3.C7H6N2.3CH4/c1-16(2)27(17(3)4,18(5)6)26-15-21(22-9-8-12-24-23(22)26)13-20-11-10-19(7)25-14-20;1-14(2)23(15(3)4,16(5)6)22-13-17(12-21(7)8)18-10-9-11-20-19(18)22;1-12(2)21(13(3)4,14(5)6)20-11-15(10-18)16-8-7-9-19-17(16)20;1-13(2)7-8-6-12-10-9(8)4-3-5-11-10;1-2-6-3-5-9-7(6)8-4-1;;;/h8-12,14-18H,13H2,1-7H3;9-11,13-16H,12H2,1-8H3;7-9,11-14H,10H2,1-6H3;3-6H,7H2,1-2H3,(H,11,12);1-5H,(H,8,9);3*1H4. The van der Waals surface area contributed by atoms with Crippen molar-refractivity contribution >= 4 is 91.5 Å². The fraction of sp³-hybridized carbons (Fsp3) is 0.494. The van der Waals surface area contributed by atoms with Gasteiger partial charge < -0.3 is 32.5 Å². The molecule has 96 heavy (non-hydrogen) atoms. The van der Waals surface area contributed by atoms with Crippen molar-refractivity contribution in [3.8, 4) is 0 Å². The van der Waals surface area contributed by atoms with Crippen molar-refractivity contribution in [3.63, 3.8) is 0 Å². The molecule has 0 aliphatic heterocycles. The van der Waals surface area contributed by atoms with Crippen LogP contribution in [0.5, 0.6) is 0 Å². The van der Waals surface area contributed by atoms with Crippen LogP contribution in [0.15, 0.2) is 147 Å². The molecule has 17 heteroatoms. The summed E-state index contributed by atoms with van der Waals surface area (Å²) in [5.74, 6) is 0.550. The maximum Gasteiger partial charge on any atom is 0.171 e. The van der Waals surface area contributed by atoms with E-state index in [0.717, 1.165) is 53.2 Å². The molecule has 11 rings (SSSR count). The van der Waals surface area contributed by atoms with Gasteiger partial charge in [-0.3, -0.25) is 4.98 Å². The van der Waals surface area contributed by atoms with Crippen molar-refractivity contribution in [1.82, 2.24) is 62.4 Å². The SMILES string of the molecule is C.C.C.CC(C)[Si](C(C)C)(C(C)C)n1cc(CCl)c2cccnc21.CC(C)[Si](C(C)C)(C(C)C)n1cc(CN(C)C)c2cccnc21.CN(C)Cc1c[nH]c2ncccc12.Cc1ccc(Cc2cn([Si](C(C)C)(C(C)C)C(C)C)c3ncccc23)cn1.c1cnc2[nH]ccc2c1. The van der Waals surface area contributed by atoms with Gasteiger partial charge in [0.15, 0.2) is 24.7 Å². The Balaban J connectivity index is 0.000000263. The zero-order chi connectivity index (χ0) is 68.3. The molecule has 0 saturated carbocycles. The zero-order valence-electron chi connectivity index (χ0n) is 60.7. The lowest BCUT2D eigenvalue weighted by Crippen LogP contribution is -2.51. The minimum Gasteiger partial charge on any atom is -0.358 e. The molecular weight excluding hydrogens is 1250 g/mol. The van der Waals surface area contributed by atoms with E-state index in [1.54, 1.807) is 12.4 Å². The molecule has 0 aliphatic carbocycles. The highest BCUT2D eigenvalue weighted by Crippen LogP contribution is 2.47. The molecule has 0 radical (unpaired) electrons. The van der Waals surface area contributed by atoms with Crippen LogP contribution in [-0.4, -0.2) is 115 Å². The second-order valence-electron chi connectivity index (χ2n) is 29.0. The third-order valence-electron chi connectivity index (χ3n) is 19.9. The van der Waals surface area contributed by atoms with Crippen molar-refractivity contribution in [1.29, 1.82) is 0 Å². The summed E-state index contributed by atoms with van der Waals surface area (Å²) in [5.41, 5.74) is 18.9. The first-order valence-corrected chi connectivity index (χ1v) is 41.1. The van der Waals surface area contributed by atoms with Crippen molar-refractivity contribution in [2.75, 3.05) is 28.2 Å². The van der Waals surface area contributed by atoms with Crippen molar-refractivity contribution in [3.05, 3.63) is 181 Å². The molecule has 11 aromatic rings. The van der Waals surface area contributed by atoms with Crippen LogP contribution in [0, 0.1) is 6.92 Å². The van der Waals surface area contributed by atoms with E-state index in [-0.39, 0.29) is 22.3 Å². The summed E-state index contributed by atoms with van der Waals surface area (Å²) in [4.78, 5) is 37.7. The molecule has 0 aromatic carbocycles. The third-order valence-corrected chi connectivity index (χ3v) is 40.3. The van der Waals surface area contributed by atoms with E-state index in [0.29, 0.717) is 55.8 Å². The first-order chi connectivity index (χ1) is 44.1. The topological polar surface area (TPSA) is 130 Å². The Morgan fingerprint density at radius 3 is 1.17 bits per heavy atom. The number of hydrogen-bond acceptors (Lipinski definition) is 8. The first kappa shape index (κ1) is 81.9. The summed E-state index contributed by atoms with van der Waals surface area (Å²) >= 11 is 6.18. The zero-order valence-corrected chi connectivity index (χ0v) is 64.4. The molecule has 0 fully saturated rings. The van der Waals surface area contributed by atoms with Gasteiger partial charge in [-0.25, -0.2) is 24.9 Å². The van der Waals surface area contributed by atoms with E-state index >= 15 is 0 Å². The lowest BCUT2D eigenvalue weighted by molar-refractivity contribution is 0.404. The van der Waals surface area contributed by atoms with E-state index in [2.05, 4.69) is 267 Å². The van der Waals surface area contributed by atoms with Crippen LogP contribution in [0.1, 0.15) is 180 Å². The predicted molar refractivity (Wildman–Crippen MR) is 427 cm³/mol. The number of alkyl halides is 1. The highest BCUT2D eigenvalue weighted by Gasteiger charge is 2.49. The molecule has 0 unspecified atom stereocenters. The van der Waals surface area contributed by atoms with Gasteiger partial charge in [-0.05, 0) is 186 Å². The minimum atomic E-state index is -1.83. The van der Waals surface area contributed by atoms with Gasteiger partial charge in [0.25, 0.3) is 0 Å². The van der Waals surface area contributed by atoms with Crippen molar-refractivity contribution < 1.29 is 0 Å². The number of nitrogens with one attached hydrogen (secondary N) is 2. The summed E-state index contributed by atoms with van der Waals surface area (Å²) in [7, 11) is 3.04. The number of hydrogen-bond donors (Lipinski definition) is 2. The molecule has 13 nitrogen and oxygen atoms in total. The largest absolute Gasteiger partial charge is 0.358 e. The Labute approximate surface area is 588 Å². The summed E-state index contributed by atoms with van der Waals surface area (Å²) in [6, 6.07) is 27.1. The summed E-state index contributed by atoms with van der Waals surface area (Å²) in [6.45, 7) is 47.1. The number of pyridine rings is 6. The number of rotatable bonds is 19. The molecule has 11 heterocycles. The Morgan fingerprint density at radius 2 is 0.771 bits per heavy atom. The first-order valence-electron chi connectivity index (χ1n) is 34.0. The minimum absolute atomic E-state index is 0. The Hall–Kier alpha value is -6.54. The number of halogens is 1. The Bertz CT molecular complexity index is 3990. The molecule has 0 aliphatic rings. The quantitative estimate of drug-likeness (QED) is 0.0605. The van der Waals surface area contributed by atoms with Crippen molar-refractivity contribution in [2.24, 2.45) is 0 Å². The molecule has 2 N–H and O–H groups in total. The van der Waals surface area contributed by atoms with Crippen molar-refractivity contribution in [2.45, 2.75) is 229 Å². The maximum atomic E-state index is 6.18. The Kier molecular flexibility index (Phi) is 30.5. The normalized spacial score (nSPS) is 12.1. The van der Waals surface area contributed by atoms with E-state index in [4.69, 9.17) is 26.6 Å². The van der Waals surface area contributed by atoms with E-state index in [1.165, 1.54) is 55.0 Å². The molecule has 0 spiro atoms. The summed E-state index contributed by atoms with van der Waals surface area (Å²) < 4.78 is 7.79. The van der Waals surface area contributed by atoms with Crippen LogP contribution < -0.4 is 0 Å². The number of H-pyrrole nitrogens is 2. The van der Waals surface area contributed by atoms with E-state index < -0.39 is 24.7 Å². The highest BCUT2D eigenvalue weighted by molar-refractivity contribution is 6.83. The molecule has 0 amide bonds.